The largest absolute Gasteiger partial charge is 0.497 e. The van der Waals surface area contributed by atoms with Crippen LogP contribution in [-0.2, 0) is 6.42 Å². The molecule has 6 heteroatoms. The summed E-state index contributed by atoms with van der Waals surface area (Å²) in [6.45, 7) is 0.775. The van der Waals surface area contributed by atoms with Gasteiger partial charge in [-0.15, -0.1) is 0 Å². The van der Waals surface area contributed by atoms with Crippen LogP contribution in [0, 0.1) is 0 Å². The molecule has 0 unspecified atom stereocenters. The van der Waals surface area contributed by atoms with E-state index >= 15 is 0 Å². The Balaban J connectivity index is 1.60. The maximum absolute atomic E-state index is 5.35. The van der Waals surface area contributed by atoms with E-state index in [0.717, 1.165) is 35.4 Å². The smallest absolute Gasteiger partial charge is 0.229 e. The Kier molecular flexibility index (Phi) is 5.94. The number of methoxy groups -OCH3 is 2. The molecule has 152 valence electrons. The molecule has 0 aliphatic carbocycles. The predicted octanol–water partition coefficient (Wildman–Crippen LogP) is 5.05. The molecular weight excluding hydrogens is 376 g/mol. The molecule has 0 fully saturated rings. The zero-order valence-corrected chi connectivity index (χ0v) is 17.1. The normalized spacial score (nSPS) is 10.6. The average Bonchev–Trinajstić information content (AvgIpc) is 2.79. The molecule has 0 amide bonds. The standard InChI is InChI=1S/C24H24N4O2/c1-29-19-14-18(15-20(16-19)30-2)26-24-27-22-11-7-6-10-21(22)23(28-24)25-13-12-17-8-4-3-5-9-17/h3-11,14-16H,12-13H2,1-2H3,(H2,25,26,27,28). The summed E-state index contributed by atoms with van der Waals surface area (Å²) in [6.07, 6.45) is 0.912. The SMILES string of the molecule is COc1cc(Nc2nc(NCCc3ccccc3)c3ccccc3n2)cc(OC)c1. The van der Waals surface area contributed by atoms with Gasteiger partial charge in [-0.3, -0.25) is 0 Å². The second-order valence-corrected chi connectivity index (χ2v) is 6.80. The van der Waals surface area contributed by atoms with Crippen LogP contribution in [0.2, 0.25) is 0 Å². The first-order chi connectivity index (χ1) is 14.7. The highest BCUT2D eigenvalue weighted by Crippen LogP contribution is 2.29. The summed E-state index contributed by atoms with van der Waals surface area (Å²) in [6, 6.07) is 24.0. The highest BCUT2D eigenvalue weighted by molar-refractivity contribution is 5.90. The second-order valence-electron chi connectivity index (χ2n) is 6.80. The average molecular weight is 400 g/mol. The Labute approximate surface area is 175 Å². The molecule has 0 aliphatic rings. The molecule has 0 bridgehead atoms. The predicted molar refractivity (Wildman–Crippen MR) is 121 cm³/mol. The third-order valence-corrected chi connectivity index (χ3v) is 4.76. The highest BCUT2D eigenvalue weighted by Gasteiger charge is 2.09. The summed E-state index contributed by atoms with van der Waals surface area (Å²) in [4.78, 5) is 9.39. The fourth-order valence-electron chi connectivity index (χ4n) is 3.25. The molecule has 0 saturated heterocycles. The van der Waals surface area contributed by atoms with Gasteiger partial charge in [-0.25, -0.2) is 4.98 Å². The lowest BCUT2D eigenvalue weighted by Crippen LogP contribution is -2.09. The number of rotatable bonds is 8. The zero-order chi connectivity index (χ0) is 20.8. The number of ether oxygens (including phenoxy) is 2. The number of benzene rings is 3. The van der Waals surface area contributed by atoms with Crippen LogP contribution in [0.3, 0.4) is 0 Å². The third kappa shape index (κ3) is 4.60. The molecule has 0 spiro atoms. The summed E-state index contributed by atoms with van der Waals surface area (Å²) in [5, 5.41) is 7.72. The van der Waals surface area contributed by atoms with Crippen molar-refractivity contribution in [3.05, 3.63) is 78.4 Å². The summed E-state index contributed by atoms with van der Waals surface area (Å²) in [5.74, 6) is 2.69. The van der Waals surface area contributed by atoms with Gasteiger partial charge >= 0.3 is 0 Å². The molecule has 4 aromatic rings. The lowest BCUT2D eigenvalue weighted by molar-refractivity contribution is 0.395. The van der Waals surface area contributed by atoms with Gasteiger partial charge in [-0.1, -0.05) is 42.5 Å². The van der Waals surface area contributed by atoms with E-state index in [0.29, 0.717) is 17.4 Å². The van der Waals surface area contributed by atoms with Gasteiger partial charge in [0.15, 0.2) is 0 Å². The summed E-state index contributed by atoms with van der Waals surface area (Å²) in [7, 11) is 3.25. The van der Waals surface area contributed by atoms with Crippen molar-refractivity contribution < 1.29 is 9.47 Å². The van der Waals surface area contributed by atoms with Gasteiger partial charge in [0.2, 0.25) is 5.95 Å². The second kappa shape index (κ2) is 9.13. The lowest BCUT2D eigenvalue weighted by atomic mass is 10.1. The molecule has 1 aromatic heterocycles. The number of hydrogen-bond donors (Lipinski definition) is 2. The molecular formula is C24H24N4O2. The van der Waals surface area contributed by atoms with Crippen molar-refractivity contribution in [2.45, 2.75) is 6.42 Å². The van der Waals surface area contributed by atoms with Crippen LogP contribution >= 0.6 is 0 Å². The maximum Gasteiger partial charge on any atom is 0.229 e. The first kappa shape index (κ1) is 19.5. The van der Waals surface area contributed by atoms with E-state index in [4.69, 9.17) is 14.5 Å². The number of para-hydroxylation sites is 1. The highest BCUT2D eigenvalue weighted by atomic mass is 16.5. The van der Waals surface area contributed by atoms with Crippen molar-refractivity contribution in [1.29, 1.82) is 0 Å². The number of aromatic nitrogens is 2. The molecule has 30 heavy (non-hydrogen) atoms. The number of nitrogens with zero attached hydrogens (tertiary/aromatic N) is 2. The van der Waals surface area contributed by atoms with E-state index in [9.17, 15) is 0 Å². The van der Waals surface area contributed by atoms with E-state index in [1.54, 1.807) is 14.2 Å². The van der Waals surface area contributed by atoms with Gasteiger partial charge in [0.05, 0.1) is 19.7 Å². The van der Waals surface area contributed by atoms with Gasteiger partial charge in [0, 0.05) is 35.8 Å². The minimum absolute atomic E-state index is 0.506. The number of anilines is 3. The van der Waals surface area contributed by atoms with E-state index in [-0.39, 0.29) is 0 Å². The minimum atomic E-state index is 0.506. The minimum Gasteiger partial charge on any atom is -0.497 e. The Bertz CT molecular complexity index is 1110. The molecule has 2 N–H and O–H groups in total. The van der Waals surface area contributed by atoms with Crippen molar-refractivity contribution in [2.24, 2.45) is 0 Å². The fourth-order valence-corrected chi connectivity index (χ4v) is 3.25. The Morgan fingerprint density at radius 1 is 0.800 bits per heavy atom. The Morgan fingerprint density at radius 3 is 2.23 bits per heavy atom. The van der Waals surface area contributed by atoms with Crippen LogP contribution in [0.5, 0.6) is 11.5 Å². The van der Waals surface area contributed by atoms with Crippen molar-refractivity contribution in [3.8, 4) is 11.5 Å². The Hall–Kier alpha value is -3.80. The van der Waals surface area contributed by atoms with Crippen molar-refractivity contribution in [3.63, 3.8) is 0 Å². The first-order valence-corrected chi connectivity index (χ1v) is 9.80. The van der Waals surface area contributed by atoms with Crippen LogP contribution in [0.4, 0.5) is 17.5 Å². The first-order valence-electron chi connectivity index (χ1n) is 9.80. The van der Waals surface area contributed by atoms with E-state index in [1.807, 2.05) is 48.5 Å². The summed E-state index contributed by atoms with van der Waals surface area (Å²) in [5.41, 5.74) is 2.94. The summed E-state index contributed by atoms with van der Waals surface area (Å²) < 4.78 is 10.7. The van der Waals surface area contributed by atoms with Crippen molar-refractivity contribution in [2.75, 3.05) is 31.4 Å². The maximum atomic E-state index is 5.35. The van der Waals surface area contributed by atoms with Gasteiger partial charge in [0.1, 0.15) is 17.3 Å². The van der Waals surface area contributed by atoms with E-state index in [2.05, 4.69) is 39.9 Å². The van der Waals surface area contributed by atoms with Crippen molar-refractivity contribution in [1.82, 2.24) is 9.97 Å². The van der Waals surface area contributed by atoms with Gasteiger partial charge in [-0.2, -0.15) is 4.98 Å². The lowest BCUT2D eigenvalue weighted by Gasteiger charge is -2.13. The van der Waals surface area contributed by atoms with Gasteiger partial charge < -0.3 is 20.1 Å². The third-order valence-electron chi connectivity index (χ3n) is 4.76. The Morgan fingerprint density at radius 2 is 1.50 bits per heavy atom. The van der Waals surface area contributed by atoms with E-state index in [1.165, 1.54) is 5.56 Å². The molecule has 0 atom stereocenters. The van der Waals surface area contributed by atoms with Gasteiger partial charge in [0.25, 0.3) is 0 Å². The molecule has 0 radical (unpaired) electrons. The van der Waals surface area contributed by atoms with Crippen LogP contribution < -0.4 is 20.1 Å². The number of nitrogens with one attached hydrogen (secondary N) is 2. The topological polar surface area (TPSA) is 68.3 Å². The number of hydrogen-bond acceptors (Lipinski definition) is 6. The molecule has 1 heterocycles. The summed E-state index contributed by atoms with van der Waals surface area (Å²) >= 11 is 0. The zero-order valence-electron chi connectivity index (χ0n) is 17.1. The molecule has 0 saturated carbocycles. The van der Waals surface area contributed by atoms with Crippen LogP contribution in [-0.4, -0.2) is 30.7 Å². The van der Waals surface area contributed by atoms with E-state index < -0.39 is 0 Å². The van der Waals surface area contributed by atoms with Crippen molar-refractivity contribution >= 4 is 28.4 Å². The molecule has 3 aromatic carbocycles. The van der Waals surface area contributed by atoms with Gasteiger partial charge in [-0.05, 0) is 24.1 Å². The van der Waals surface area contributed by atoms with Crippen LogP contribution in [0.1, 0.15) is 5.56 Å². The number of fused-ring (bicyclic) bond motifs is 1. The fraction of sp³-hybridized carbons (Fsp3) is 0.167. The quantitative estimate of drug-likeness (QED) is 0.432. The molecule has 0 aliphatic heterocycles. The monoisotopic (exact) mass is 400 g/mol. The van der Waals surface area contributed by atoms with Crippen LogP contribution in [0.25, 0.3) is 10.9 Å². The van der Waals surface area contributed by atoms with Crippen LogP contribution in [0.15, 0.2) is 72.8 Å². The molecule has 6 nitrogen and oxygen atoms in total. The molecule has 4 rings (SSSR count).